The quantitative estimate of drug-likeness (QED) is 0.574. The molecule has 0 bridgehead atoms. The normalized spacial score (nSPS) is 12.6. The SMILES string of the molecule is C[C@H](Oc1cc(Cl)c(Cl)cc1Cl)C(=O)Nc1ncc(C(F)(F)F)cc1Cl. The van der Waals surface area contributed by atoms with E-state index in [1.54, 1.807) is 0 Å². The number of alkyl halides is 3. The fourth-order valence-electron chi connectivity index (χ4n) is 1.74. The Morgan fingerprint density at radius 2 is 1.69 bits per heavy atom. The van der Waals surface area contributed by atoms with Gasteiger partial charge in [0.05, 0.1) is 25.7 Å². The van der Waals surface area contributed by atoms with E-state index in [-0.39, 0.29) is 31.7 Å². The third-order valence-electron chi connectivity index (χ3n) is 3.06. The highest BCUT2D eigenvalue weighted by molar-refractivity contribution is 6.43. The van der Waals surface area contributed by atoms with Gasteiger partial charge < -0.3 is 10.1 Å². The molecule has 11 heteroatoms. The molecule has 26 heavy (non-hydrogen) atoms. The number of benzene rings is 1. The van der Waals surface area contributed by atoms with E-state index in [2.05, 4.69) is 10.3 Å². The second-order valence-corrected chi connectivity index (χ2v) is 6.63. The van der Waals surface area contributed by atoms with Crippen LogP contribution in [0.25, 0.3) is 0 Å². The highest BCUT2D eigenvalue weighted by atomic mass is 35.5. The number of nitrogens with one attached hydrogen (secondary N) is 1. The Labute approximate surface area is 166 Å². The third-order valence-corrected chi connectivity index (χ3v) is 4.36. The molecule has 0 unspecified atom stereocenters. The maximum absolute atomic E-state index is 12.6. The Hall–Kier alpha value is -1.41. The highest BCUT2D eigenvalue weighted by Crippen LogP contribution is 2.35. The Kier molecular flexibility index (Phi) is 6.50. The summed E-state index contributed by atoms with van der Waals surface area (Å²) in [4.78, 5) is 15.7. The van der Waals surface area contributed by atoms with Crippen LogP contribution in [-0.2, 0) is 11.0 Å². The average Bonchev–Trinajstić information content (AvgIpc) is 2.53. The number of rotatable bonds is 4. The number of hydrogen-bond acceptors (Lipinski definition) is 3. The molecule has 0 aliphatic heterocycles. The minimum atomic E-state index is -4.60. The fraction of sp³-hybridized carbons (Fsp3) is 0.200. The molecule has 0 saturated heterocycles. The maximum Gasteiger partial charge on any atom is 0.417 e. The topological polar surface area (TPSA) is 51.2 Å². The number of carbonyl (C=O) groups excluding carboxylic acids is 1. The molecule has 2 aromatic rings. The molecule has 2 rings (SSSR count). The number of ether oxygens (including phenoxy) is 1. The zero-order valence-corrected chi connectivity index (χ0v) is 15.8. The number of aromatic nitrogens is 1. The summed E-state index contributed by atoms with van der Waals surface area (Å²) in [6.45, 7) is 1.40. The number of halogens is 7. The number of pyridine rings is 1. The van der Waals surface area contributed by atoms with E-state index in [1.807, 2.05) is 0 Å². The van der Waals surface area contributed by atoms with Crippen LogP contribution in [0.2, 0.25) is 20.1 Å². The summed E-state index contributed by atoms with van der Waals surface area (Å²) < 4.78 is 43.2. The number of hydrogen-bond donors (Lipinski definition) is 1. The average molecular weight is 448 g/mol. The molecular weight excluding hydrogens is 439 g/mol. The molecule has 1 atom stereocenters. The van der Waals surface area contributed by atoms with Gasteiger partial charge in [0.1, 0.15) is 5.75 Å². The van der Waals surface area contributed by atoms with E-state index in [0.717, 1.165) is 0 Å². The van der Waals surface area contributed by atoms with Crippen LogP contribution in [0, 0.1) is 0 Å². The Morgan fingerprint density at radius 1 is 1.08 bits per heavy atom. The van der Waals surface area contributed by atoms with E-state index < -0.39 is 23.8 Å². The van der Waals surface area contributed by atoms with Crippen molar-refractivity contribution in [1.29, 1.82) is 0 Å². The minimum Gasteiger partial charge on any atom is -0.479 e. The molecule has 1 amide bonds. The summed E-state index contributed by atoms with van der Waals surface area (Å²) in [6.07, 6.45) is -5.12. The molecule has 4 nitrogen and oxygen atoms in total. The van der Waals surface area contributed by atoms with E-state index >= 15 is 0 Å². The predicted octanol–water partition coefficient (Wildman–Crippen LogP) is 6.12. The van der Waals surface area contributed by atoms with Crippen LogP contribution in [0.3, 0.4) is 0 Å². The Bertz CT molecular complexity index is 846. The van der Waals surface area contributed by atoms with Gasteiger partial charge in [-0.2, -0.15) is 13.2 Å². The third kappa shape index (κ3) is 5.07. The molecule has 1 aromatic carbocycles. The van der Waals surface area contributed by atoms with Gasteiger partial charge in [0.2, 0.25) is 0 Å². The summed E-state index contributed by atoms with van der Waals surface area (Å²) in [5.74, 6) is -0.836. The van der Waals surface area contributed by atoms with Gasteiger partial charge in [-0.05, 0) is 19.1 Å². The van der Waals surface area contributed by atoms with Gasteiger partial charge in [-0.3, -0.25) is 4.79 Å². The lowest BCUT2D eigenvalue weighted by Gasteiger charge is -2.16. The van der Waals surface area contributed by atoms with Crippen LogP contribution in [0.1, 0.15) is 12.5 Å². The van der Waals surface area contributed by atoms with Gasteiger partial charge in [0.25, 0.3) is 5.91 Å². The lowest BCUT2D eigenvalue weighted by Crippen LogP contribution is -2.30. The molecule has 140 valence electrons. The Morgan fingerprint density at radius 3 is 2.27 bits per heavy atom. The van der Waals surface area contributed by atoms with Crippen molar-refractivity contribution in [1.82, 2.24) is 4.98 Å². The number of amides is 1. The lowest BCUT2D eigenvalue weighted by molar-refractivity contribution is -0.137. The molecule has 0 radical (unpaired) electrons. The van der Waals surface area contributed by atoms with Crippen LogP contribution in [-0.4, -0.2) is 17.0 Å². The second-order valence-electron chi connectivity index (χ2n) is 5.00. The summed E-state index contributed by atoms with van der Waals surface area (Å²) in [6, 6.07) is 3.34. The van der Waals surface area contributed by atoms with E-state index in [0.29, 0.717) is 12.3 Å². The van der Waals surface area contributed by atoms with Gasteiger partial charge in [0, 0.05) is 12.3 Å². The zero-order valence-electron chi connectivity index (χ0n) is 12.8. The van der Waals surface area contributed by atoms with Gasteiger partial charge in [-0.1, -0.05) is 46.4 Å². The van der Waals surface area contributed by atoms with Gasteiger partial charge >= 0.3 is 6.18 Å². The molecule has 0 aliphatic carbocycles. The first kappa shape index (κ1) is 20.9. The first-order valence-corrected chi connectivity index (χ1v) is 8.35. The van der Waals surface area contributed by atoms with Crippen LogP contribution in [0.4, 0.5) is 19.0 Å². The van der Waals surface area contributed by atoms with E-state index in [4.69, 9.17) is 51.1 Å². The van der Waals surface area contributed by atoms with Gasteiger partial charge in [-0.15, -0.1) is 0 Å². The van der Waals surface area contributed by atoms with Crippen molar-refractivity contribution < 1.29 is 22.7 Å². The van der Waals surface area contributed by atoms with Gasteiger partial charge in [-0.25, -0.2) is 4.98 Å². The second kappa shape index (κ2) is 8.08. The molecule has 0 saturated carbocycles. The Balaban J connectivity index is 2.11. The van der Waals surface area contributed by atoms with Crippen molar-refractivity contribution in [3.63, 3.8) is 0 Å². The number of carbonyl (C=O) groups is 1. The summed E-state index contributed by atoms with van der Waals surface area (Å²) in [7, 11) is 0. The summed E-state index contributed by atoms with van der Waals surface area (Å²) in [5, 5.41) is 2.42. The summed E-state index contributed by atoms with van der Waals surface area (Å²) >= 11 is 23.4. The lowest BCUT2D eigenvalue weighted by atomic mass is 10.2. The molecule has 0 spiro atoms. The van der Waals surface area contributed by atoms with Gasteiger partial charge in [0.15, 0.2) is 11.9 Å². The zero-order chi connectivity index (χ0) is 19.6. The molecule has 1 heterocycles. The molecular formula is C15H9Cl4F3N2O2. The molecule has 0 fully saturated rings. The summed E-state index contributed by atoms with van der Waals surface area (Å²) in [5.41, 5.74) is -1.03. The smallest absolute Gasteiger partial charge is 0.417 e. The number of nitrogens with zero attached hydrogens (tertiary/aromatic N) is 1. The predicted molar refractivity (Wildman–Crippen MR) is 94.4 cm³/mol. The highest BCUT2D eigenvalue weighted by Gasteiger charge is 2.32. The van der Waals surface area contributed by atoms with Crippen molar-refractivity contribution in [2.45, 2.75) is 19.2 Å². The van der Waals surface area contributed by atoms with Crippen molar-refractivity contribution in [2.24, 2.45) is 0 Å². The fourth-order valence-corrected chi connectivity index (χ4v) is 2.54. The maximum atomic E-state index is 12.6. The molecule has 1 aromatic heterocycles. The van der Waals surface area contributed by atoms with Crippen molar-refractivity contribution >= 4 is 58.1 Å². The van der Waals surface area contributed by atoms with E-state index in [9.17, 15) is 18.0 Å². The van der Waals surface area contributed by atoms with Crippen LogP contribution in [0.5, 0.6) is 5.75 Å². The van der Waals surface area contributed by atoms with Crippen LogP contribution in [0.15, 0.2) is 24.4 Å². The first-order valence-electron chi connectivity index (χ1n) is 6.84. The monoisotopic (exact) mass is 446 g/mol. The number of anilines is 1. The van der Waals surface area contributed by atoms with Crippen LogP contribution >= 0.6 is 46.4 Å². The molecule has 1 N–H and O–H groups in total. The standard InChI is InChI=1S/C15H9Cl4F3N2O2/c1-6(26-12-4-9(17)8(16)3-10(12)18)14(25)24-13-11(19)2-7(5-23-13)15(20,21)22/h2-6H,1H3,(H,23,24,25)/t6-/m0/s1. The van der Waals surface area contributed by atoms with E-state index in [1.165, 1.54) is 19.1 Å². The van der Waals surface area contributed by atoms with Crippen molar-refractivity contribution in [2.75, 3.05) is 5.32 Å². The van der Waals surface area contributed by atoms with Crippen molar-refractivity contribution in [3.05, 3.63) is 50.0 Å². The first-order chi connectivity index (χ1) is 12.0. The van der Waals surface area contributed by atoms with Crippen LogP contribution < -0.4 is 10.1 Å². The van der Waals surface area contributed by atoms with Crippen molar-refractivity contribution in [3.8, 4) is 5.75 Å². The molecule has 0 aliphatic rings. The largest absolute Gasteiger partial charge is 0.479 e. The minimum absolute atomic E-state index is 0.107.